The Labute approximate surface area is 94.5 Å². The van der Waals surface area contributed by atoms with E-state index in [0.717, 1.165) is 6.07 Å². The fourth-order valence-electron chi connectivity index (χ4n) is 1.13. The van der Waals surface area contributed by atoms with Gasteiger partial charge in [-0.15, -0.1) is 0 Å². The normalized spacial score (nSPS) is 9.94. The van der Waals surface area contributed by atoms with Crippen LogP contribution in [0.4, 0.5) is 10.2 Å². The van der Waals surface area contributed by atoms with Crippen LogP contribution in [0.1, 0.15) is 10.5 Å². The van der Waals surface area contributed by atoms with Gasteiger partial charge in [0.15, 0.2) is 5.82 Å². The lowest BCUT2D eigenvalue weighted by atomic mass is 10.3. The zero-order chi connectivity index (χ0) is 12.3. The van der Waals surface area contributed by atoms with Crippen molar-refractivity contribution in [3.63, 3.8) is 0 Å². The van der Waals surface area contributed by atoms with Gasteiger partial charge in [-0.3, -0.25) is 9.59 Å². The fourth-order valence-corrected chi connectivity index (χ4v) is 1.13. The van der Waals surface area contributed by atoms with Crippen LogP contribution < -0.4 is 10.9 Å². The number of nitrogens with zero attached hydrogens (tertiary/aromatic N) is 2. The van der Waals surface area contributed by atoms with Crippen LogP contribution in [0.15, 0.2) is 35.1 Å². The quantitative estimate of drug-likeness (QED) is 0.743. The summed E-state index contributed by atoms with van der Waals surface area (Å²) in [5.41, 5.74) is -0.454. The summed E-state index contributed by atoms with van der Waals surface area (Å²) in [6, 6.07) is 6.41. The molecule has 2 heterocycles. The molecule has 0 aromatic carbocycles. The fraction of sp³-hybridized carbons (Fsp3) is 0. The number of carbonyl (C=O) groups is 1. The zero-order valence-corrected chi connectivity index (χ0v) is 8.48. The molecular weight excluding hydrogens is 227 g/mol. The first kappa shape index (κ1) is 10.9. The van der Waals surface area contributed by atoms with Crippen LogP contribution in [0.3, 0.4) is 0 Å². The number of pyridine rings is 1. The molecule has 0 fully saturated rings. The van der Waals surface area contributed by atoms with E-state index in [1.807, 2.05) is 0 Å². The van der Waals surface area contributed by atoms with E-state index in [9.17, 15) is 14.0 Å². The summed E-state index contributed by atoms with van der Waals surface area (Å²) in [5.74, 6) is -1.20. The van der Waals surface area contributed by atoms with Crippen LogP contribution in [0, 0.1) is 5.95 Å². The van der Waals surface area contributed by atoms with E-state index in [2.05, 4.69) is 20.5 Å². The van der Waals surface area contributed by atoms with E-state index < -0.39 is 11.9 Å². The molecule has 2 aromatic rings. The van der Waals surface area contributed by atoms with Crippen molar-refractivity contribution in [2.24, 2.45) is 0 Å². The molecule has 0 radical (unpaired) electrons. The van der Waals surface area contributed by atoms with Gasteiger partial charge in [-0.1, -0.05) is 6.07 Å². The largest absolute Gasteiger partial charge is 0.304 e. The second kappa shape index (κ2) is 4.52. The monoisotopic (exact) mass is 234 g/mol. The van der Waals surface area contributed by atoms with Crippen LogP contribution in [0.2, 0.25) is 0 Å². The number of aromatic amines is 1. The van der Waals surface area contributed by atoms with E-state index in [1.54, 1.807) is 0 Å². The van der Waals surface area contributed by atoms with Crippen LogP contribution in [0.25, 0.3) is 0 Å². The molecule has 1 amide bonds. The number of hydrogen-bond donors (Lipinski definition) is 2. The average Bonchev–Trinajstić information content (AvgIpc) is 2.32. The van der Waals surface area contributed by atoms with E-state index in [0.29, 0.717) is 0 Å². The van der Waals surface area contributed by atoms with E-state index in [-0.39, 0.29) is 17.1 Å². The van der Waals surface area contributed by atoms with Crippen molar-refractivity contribution in [2.45, 2.75) is 0 Å². The number of halogens is 1. The highest BCUT2D eigenvalue weighted by Crippen LogP contribution is 2.02. The summed E-state index contributed by atoms with van der Waals surface area (Å²) < 4.78 is 12.8. The molecular formula is C10H7FN4O2. The van der Waals surface area contributed by atoms with Crippen LogP contribution in [-0.4, -0.2) is 21.1 Å². The zero-order valence-electron chi connectivity index (χ0n) is 8.48. The van der Waals surface area contributed by atoms with Crippen LogP contribution in [-0.2, 0) is 0 Å². The summed E-state index contributed by atoms with van der Waals surface area (Å²) >= 11 is 0. The van der Waals surface area contributed by atoms with Crippen molar-refractivity contribution in [1.82, 2.24) is 15.2 Å². The van der Waals surface area contributed by atoms with E-state index in [1.165, 1.54) is 24.3 Å². The minimum atomic E-state index is -0.743. The van der Waals surface area contributed by atoms with Gasteiger partial charge in [-0.05, 0) is 18.2 Å². The van der Waals surface area contributed by atoms with Crippen LogP contribution >= 0.6 is 0 Å². The second-order valence-electron chi connectivity index (χ2n) is 3.11. The van der Waals surface area contributed by atoms with Gasteiger partial charge >= 0.3 is 0 Å². The molecule has 0 saturated heterocycles. The van der Waals surface area contributed by atoms with Gasteiger partial charge in [0.1, 0.15) is 5.69 Å². The SMILES string of the molecule is O=C(Nc1ccc(=O)[nH]n1)c1cccc(F)n1. The molecule has 0 aliphatic heterocycles. The summed E-state index contributed by atoms with van der Waals surface area (Å²) in [6.45, 7) is 0. The molecule has 0 aliphatic rings. The van der Waals surface area contributed by atoms with Crippen molar-refractivity contribution in [1.29, 1.82) is 0 Å². The average molecular weight is 234 g/mol. The first-order chi connectivity index (χ1) is 8.15. The van der Waals surface area contributed by atoms with Crippen molar-refractivity contribution >= 4 is 11.7 Å². The molecule has 2 N–H and O–H groups in total. The van der Waals surface area contributed by atoms with Crippen molar-refractivity contribution < 1.29 is 9.18 Å². The van der Waals surface area contributed by atoms with Crippen molar-refractivity contribution in [2.75, 3.05) is 5.32 Å². The topological polar surface area (TPSA) is 87.7 Å². The Balaban J connectivity index is 2.17. The van der Waals surface area contributed by atoms with Crippen molar-refractivity contribution in [3.8, 4) is 0 Å². The first-order valence-corrected chi connectivity index (χ1v) is 4.65. The third-order valence-electron chi connectivity index (χ3n) is 1.87. The molecule has 6 nitrogen and oxygen atoms in total. The lowest BCUT2D eigenvalue weighted by Crippen LogP contribution is -2.17. The maximum atomic E-state index is 12.8. The minimum absolute atomic E-state index is 0.0713. The number of amides is 1. The third kappa shape index (κ3) is 2.71. The Hall–Kier alpha value is -2.57. The van der Waals surface area contributed by atoms with Gasteiger partial charge in [-0.2, -0.15) is 9.49 Å². The third-order valence-corrected chi connectivity index (χ3v) is 1.87. The number of rotatable bonds is 2. The summed E-state index contributed by atoms with van der Waals surface area (Å²) in [6.07, 6.45) is 0. The summed E-state index contributed by atoms with van der Waals surface area (Å²) in [4.78, 5) is 25.7. The predicted molar refractivity (Wildman–Crippen MR) is 57.0 cm³/mol. The molecule has 17 heavy (non-hydrogen) atoms. The molecule has 86 valence electrons. The van der Waals surface area contributed by atoms with E-state index in [4.69, 9.17) is 0 Å². The van der Waals surface area contributed by atoms with E-state index >= 15 is 0 Å². The first-order valence-electron chi connectivity index (χ1n) is 4.65. The Morgan fingerprint density at radius 3 is 2.76 bits per heavy atom. The molecule has 0 spiro atoms. The molecule has 2 aromatic heterocycles. The minimum Gasteiger partial charge on any atom is -0.304 e. The van der Waals surface area contributed by atoms with Crippen molar-refractivity contribution in [3.05, 3.63) is 52.3 Å². The number of H-pyrrole nitrogens is 1. The van der Waals surface area contributed by atoms with Gasteiger partial charge in [0, 0.05) is 6.07 Å². The standard InChI is InChI=1S/C10H7FN4O2/c11-7-3-1-2-6(12-7)10(17)13-8-4-5-9(16)15-14-8/h1-5H,(H,15,16)(H,13,14,17). The van der Waals surface area contributed by atoms with Crippen LogP contribution in [0.5, 0.6) is 0 Å². The maximum absolute atomic E-state index is 12.8. The number of anilines is 1. The number of aromatic nitrogens is 3. The van der Waals surface area contributed by atoms with Gasteiger partial charge < -0.3 is 5.32 Å². The molecule has 0 bridgehead atoms. The second-order valence-corrected chi connectivity index (χ2v) is 3.11. The Kier molecular flexibility index (Phi) is 2.91. The highest BCUT2D eigenvalue weighted by molar-refractivity contribution is 6.02. The Morgan fingerprint density at radius 2 is 2.12 bits per heavy atom. The summed E-state index contributed by atoms with van der Waals surface area (Å²) in [5, 5.41) is 8.09. The molecule has 7 heteroatoms. The Morgan fingerprint density at radius 1 is 1.29 bits per heavy atom. The number of nitrogens with one attached hydrogen (secondary N) is 2. The Bertz CT molecular complexity index is 591. The maximum Gasteiger partial charge on any atom is 0.275 e. The highest BCUT2D eigenvalue weighted by Gasteiger charge is 2.08. The molecule has 0 atom stereocenters. The molecule has 0 saturated carbocycles. The lowest BCUT2D eigenvalue weighted by Gasteiger charge is -2.02. The van der Waals surface area contributed by atoms with Gasteiger partial charge in [-0.25, -0.2) is 10.1 Å². The smallest absolute Gasteiger partial charge is 0.275 e. The van der Waals surface area contributed by atoms with Gasteiger partial charge in [0.25, 0.3) is 11.5 Å². The highest BCUT2D eigenvalue weighted by atomic mass is 19.1. The number of carbonyl (C=O) groups excluding carboxylic acids is 1. The lowest BCUT2D eigenvalue weighted by molar-refractivity contribution is 0.102. The molecule has 2 rings (SSSR count). The molecule has 0 aliphatic carbocycles. The summed E-state index contributed by atoms with van der Waals surface area (Å²) in [7, 11) is 0. The van der Waals surface area contributed by atoms with Gasteiger partial charge in [0.05, 0.1) is 0 Å². The van der Waals surface area contributed by atoms with Gasteiger partial charge in [0.2, 0.25) is 5.95 Å². The predicted octanol–water partition coefficient (Wildman–Crippen LogP) is 0.556. The number of hydrogen-bond acceptors (Lipinski definition) is 4. The molecule has 0 unspecified atom stereocenters.